The maximum absolute atomic E-state index is 12.9. The van der Waals surface area contributed by atoms with Gasteiger partial charge in [0.25, 0.3) is 5.91 Å². The number of hydrogen-bond acceptors (Lipinski definition) is 8. The first-order chi connectivity index (χ1) is 15.3. The summed E-state index contributed by atoms with van der Waals surface area (Å²) in [7, 11) is 3.87. The van der Waals surface area contributed by atoms with Gasteiger partial charge in [-0.3, -0.25) is 19.7 Å². The van der Waals surface area contributed by atoms with Crippen molar-refractivity contribution in [3.8, 4) is 17.2 Å². The van der Waals surface area contributed by atoms with Crippen molar-refractivity contribution in [3.63, 3.8) is 0 Å². The van der Waals surface area contributed by atoms with Crippen LogP contribution in [0, 0.1) is 10.1 Å². The van der Waals surface area contributed by atoms with Crippen LogP contribution in [0.2, 0.25) is 5.02 Å². The van der Waals surface area contributed by atoms with E-state index in [4.69, 9.17) is 25.8 Å². The molecule has 2 aromatic carbocycles. The molecule has 0 saturated carbocycles. The highest BCUT2D eigenvalue weighted by Crippen LogP contribution is 2.46. The van der Waals surface area contributed by atoms with Crippen LogP contribution >= 0.6 is 11.6 Å². The van der Waals surface area contributed by atoms with E-state index in [2.05, 4.69) is 10.6 Å². The number of nitrogens with zero attached hydrogens (tertiary/aromatic N) is 2. The van der Waals surface area contributed by atoms with Gasteiger partial charge in [-0.2, -0.15) is 0 Å². The molecule has 0 radical (unpaired) electrons. The zero-order chi connectivity index (χ0) is 23.4. The standard InChI is InChI=1S/C20H21ClN4O7/c1-30-15-9-12(17(25(28)29)19(32-3)18(15)31-2)20(27)23-11-4-5-14(13(21)8-11)24-7-6-22-16(26)10-24/h4-5,8-9H,6-7,10H2,1-3H3,(H,22,26)(H,23,27). The number of hydrogen-bond donors (Lipinski definition) is 2. The molecular weight excluding hydrogens is 444 g/mol. The molecule has 1 aliphatic heterocycles. The van der Waals surface area contributed by atoms with Crippen molar-refractivity contribution in [1.82, 2.24) is 5.32 Å². The Bertz CT molecular complexity index is 1080. The number of nitro benzene ring substituents is 1. The fourth-order valence-corrected chi connectivity index (χ4v) is 3.68. The van der Waals surface area contributed by atoms with Gasteiger partial charge in [0.05, 0.1) is 43.5 Å². The summed E-state index contributed by atoms with van der Waals surface area (Å²) in [5.41, 5.74) is 0.105. The molecule has 2 aromatic rings. The SMILES string of the molecule is COc1cc(C(=O)Nc2ccc(N3CCNC(=O)C3)c(Cl)c2)c([N+](=O)[O-])c(OC)c1OC. The summed E-state index contributed by atoms with van der Waals surface area (Å²) in [6.07, 6.45) is 0. The Morgan fingerprint density at radius 2 is 1.91 bits per heavy atom. The third kappa shape index (κ3) is 4.47. The highest BCUT2D eigenvalue weighted by molar-refractivity contribution is 6.33. The number of amides is 2. The van der Waals surface area contributed by atoms with E-state index in [1.54, 1.807) is 12.1 Å². The summed E-state index contributed by atoms with van der Waals surface area (Å²) >= 11 is 6.37. The molecule has 0 aliphatic carbocycles. The van der Waals surface area contributed by atoms with Crippen LogP contribution in [0.4, 0.5) is 17.1 Å². The maximum atomic E-state index is 12.9. The normalized spacial score (nSPS) is 13.2. The number of benzene rings is 2. The van der Waals surface area contributed by atoms with Gasteiger partial charge in [0, 0.05) is 24.8 Å². The Kier molecular flexibility index (Phi) is 6.89. The van der Waals surface area contributed by atoms with E-state index in [0.717, 1.165) is 0 Å². The van der Waals surface area contributed by atoms with Crippen molar-refractivity contribution in [2.24, 2.45) is 0 Å². The number of rotatable bonds is 7. The van der Waals surface area contributed by atoms with Crippen LogP contribution in [0.25, 0.3) is 0 Å². The number of halogens is 1. The van der Waals surface area contributed by atoms with Crippen LogP contribution in [0.15, 0.2) is 24.3 Å². The molecule has 0 unspecified atom stereocenters. The lowest BCUT2D eigenvalue weighted by Gasteiger charge is -2.29. The molecule has 0 bridgehead atoms. The monoisotopic (exact) mass is 464 g/mol. The average molecular weight is 465 g/mol. The fourth-order valence-electron chi connectivity index (χ4n) is 3.38. The second kappa shape index (κ2) is 9.60. The number of piperazine rings is 1. The molecular formula is C20H21ClN4O7. The molecule has 1 aliphatic rings. The highest BCUT2D eigenvalue weighted by Gasteiger charge is 2.32. The number of carbonyl (C=O) groups excluding carboxylic acids is 2. The molecule has 2 N–H and O–H groups in total. The largest absolute Gasteiger partial charge is 0.493 e. The first-order valence-corrected chi connectivity index (χ1v) is 9.78. The van der Waals surface area contributed by atoms with Crippen LogP contribution < -0.4 is 29.7 Å². The number of nitrogens with one attached hydrogen (secondary N) is 2. The van der Waals surface area contributed by atoms with Crippen LogP contribution in [0.1, 0.15) is 10.4 Å². The van der Waals surface area contributed by atoms with Gasteiger partial charge in [-0.05, 0) is 18.2 Å². The molecule has 170 valence electrons. The van der Waals surface area contributed by atoms with Crippen molar-refractivity contribution in [2.75, 3.05) is 51.2 Å². The average Bonchev–Trinajstić information content (AvgIpc) is 2.77. The molecule has 1 fully saturated rings. The quantitative estimate of drug-likeness (QED) is 0.471. The van der Waals surface area contributed by atoms with Crippen LogP contribution in [0.3, 0.4) is 0 Å². The van der Waals surface area contributed by atoms with Gasteiger partial charge in [0.1, 0.15) is 5.56 Å². The van der Waals surface area contributed by atoms with Crippen molar-refractivity contribution in [2.45, 2.75) is 0 Å². The van der Waals surface area contributed by atoms with E-state index in [1.807, 2.05) is 4.90 Å². The van der Waals surface area contributed by atoms with Crippen molar-refractivity contribution >= 4 is 40.5 Å². The van der Waals surface area contributed by atoms with Crippen LogP contribution in [-0.4, -0.2) is 57.7 Å². The summed E-state index contributed by atoms with van der Waals surface area (Å²) in [5.74, 6) is -1.02. The van der Waals surface area contributed by atoms with Crippen molar-refractivity contribution in [3.05, 3.63) is 45.0 Å². The predicted octanol–water partition coefficient (Wildman–Crippen LogP) is 2.46. The van der Waals surface area contributed by atoms with Gasteiger partial charge in [-0.1, -0.05) is 11.6 Å². The van der Waals surface area contributed by atoms with Gasteiger partial charge >= 0.3 is 5.69 Å². The highest BCUT2D eigenvalue weighted by atomic mass is 35.5. The summed E-state index contributed by atoms with van der Waals surface area (Å²) in [6, 6.07) is 5.97. The molecule has 2 amide bonds. The molecule has 32 heavy (non-hydrogen) atoms. The molecule has 1 heterocycles. The van der Waals surface area contributed by atoms with E-state index >= 15 is 0 Å². The summed E-state index contributed by atoms with van der Waals surface area (Å²) in [6.45, 7) is 1.26. The molecule has 11 nitrogen and oxygen atoms in total. The third-order valence-electron chi connectivity index (χ3n) is 4.82. The topological polar surface area (TPSA) is 132 Å². The van der Waals surface area contributed by atoms with Crippen molar-refractivity contribution in [1.29, 1.82) is 0 Å². The van der Waals surface area contributed by atoms with E-state index in [9.17, 15) is 19.7 Å². The van der Waals surface area contributed by atoms with Gasteiger partial charge in [0.2, 0.25) is 17.4 Å². The summed E-state index contributed by atoms with van der Waals surface area (Å²) in [5, 5.41) is 17.4. The molecule has 1 saturated heterocycles. The number of carbonyl (C=O) groups is 2. The van der Waals surface area contributed by atoms with Crippen LogP contribution in [0.5, 0.6) is 17.2 Å². The van der Waals surface area contributed by atoms with E-state index in [-0.39, 0.29) is 35.3 Å². The third-order valence-corrected chi connectivity index (χ3v) is 5.12. The van der Waals surface area contributed by atoms with Crippen LogP contribution in [-0.2, 0) is 4.79 Å². The zero-order valence-corrected chi connectivity index (χ0v) is 18.3. The molecule has 3 rings (SSSR count). The minimum absolute atomic E-state index is 0.00350. The number of methoxy groups -OCH3 is 3. The lowest BCUT2D eigenvalue weighted by Crippen LogP contribution is -2.47. The fraction of sp³-hybridized carbons (Fsp3) is 0.300. The van der Waals surface area contributed by atoms with E-state index < -0.39 is 16.5 Å². The summed E-state index contributed by atoms with van der Waals surface area (Å²) < 4.78 is 15.5. The lowest BCUT2D eigenvalue weighted by atomic mass is 10.1. The Hall–Kier alpha value is -3.73. The van der Waals surface area contributed by atoms with Gasteiger partial charge < -0.3 is 29.7 Å². The minimum Gasteiger partial charge on any atom is -0.493 e. The molecule has 0 aromatic heterocycles. The predicted molar refractivity (Wildman–Crippen MR) is 117 cm³/mol. The molecule has 12 heteroatoms. The van der Waals surface area contributed by atoms with E-state index in [0.29, 0.717) is 29.5 Å². The molecule has 0 spiro atoms. The summed E-state index contributed by atoms with van der Waals surface area (Å²) in [4.78, 5) is 37.4. The van der Waals surface area contributed by atoms with E-state index in [1.165, 1.54) is 33.5 Å². The van der Waals surface area contributed by atoms with Gasteiger partial charge in [0.15, 0.2) is 5.75 Å². The second-order valence-electron chi connectivity index (χ2n) is 6.69. The maximum Gasteiger partial charge on any atom is 0.327 e. The Morgan fingerprint density at radius 3 is 2.47 bits per heavy atom. The Labute approximate surface area is 188 Å². The number of anilines is 2. The number of nitro groups is 1. The second-order valence-corrected chi connectivity index (χ2v) is 7.10. The minimum atomic E-state index is -0.767. The van der Waals surface area contributed by atoms with Gasteiger partial charge in [-0.15, -0.1) is 0 Å². The first-order valence-electron chi connectivity index (χ1n) is 9.40. The van der Waals surface area contributed by atoms with Crippen molar-refractivity contribution < 1.29 is 28.7 Å². The molecule has 0 atom stereocenters. The number of ether oxygens (including phenoxy) is 3. The zero-order valence-electron chi connectivity index (χ0n) is 17.6. The van der Waals surface area contributed by atoms with Gasteiger partial charge in [-0.25, -0.2) is 0 Å². The smallest absolute Gasteiger partial charge is 0.327 e. The first kappa shape index (κ1) is 22.9. The Balaban J connectivity index is 1.94. The lowest BCUT2D eigenvalue weighted by molar-refractivity contribution is -0.386. The Morgan fingerprint density at radius 1 is 1.19 bits per heavy atom.